The second kappa shape index (κ2) is 6.18. The molecule has 0 aliphatic heterocycles. The molecule has 14 heavy (non-hydrogen) atoms. The van der Waals surface area contributed by atoms with Gasteiger partial charge in [-0.1, -0.05) is 24.3 Å². The van der Waals surface area contributed by atoms with Crippen molar-refractivity contribution in [2.75, 3.05) is 0 Å². The highest BCUT2D eigenvalue weighted by atomic mass is 35.5. The van der Waals surface area contributed by atoms with Crippen LogP contribution in [-0.4, -0.2) is 11.1 Å². The van der Waals surface area contributed by atoms with E-state index in [2.05, 4.69) is 0 Å². The van der Waals surface area contributed by atoms with E-state index in [9.17, 15) is 4.79 Å². The highest BCUT2D eigenvalue weighted by Crippen LogP contribution is 2.05. The zero-order valence-corrected chi connectivity index (χ0v) is 8.33. The van der Waals surface area contributed by atoms with Gasteiger partial charge in [-0.15, -0.1) is 12.4 Å². The molecule has 3 nitrogen and oxygen atoms in total. The molecule has 0 saturated carbocycles. The van der Waals surface area contributed by atoms with E-state index in [0.29, 0.717) is 6.54 Å². The van der Waals surface area contributed by atoms with E-state index in [1.807, 2.05) is 24.3 Å². The monoisotopic (exact) mass is 213 g/mol. The lowest BCUT2D eigenvalue weighted by molar-refractivity contribution is -0.131. The van der Waals surface area contributed by atoms with Gasteiger partial charge in [0.25, 0.3) is 0 Å². The van der Waals surface area contributed by atoms with Gasteiger partial charge in [0.05, 0.1) is 0 Å². The molecule has 0 aliphatic carbocycles. The molecule has 0 amide bonds. The largest absolute Gasteiger partial charge is 0.478 e. The standard InChI is InChI=1S/C10H11NO2.ClH/c11-7-9-3-1-8(2-4-9)5-6-10(12)13;/h1-6H,7,11H2,(H,12,13);1H/b6-5+;. The first kappa shape index (κ1) is 12.7. The fraction of sp³-hybridized carbons (Fsp3) is 0.100. The highest BCUT2D eigenvalue weighted by molar-refractivity contribution is 5.85. The lowest BCUT2D eigenvalue weighted by Gasteiger charge is -1.96. The van der Waals surface area contributed by atoms with Gasteiger partial charge in [0.1, 0.15) is 0 Å². The predicted molar refractivity (Wildman–Crippen MR) is 58.3 cm³/mol. The summed E-state index contributed by atoms with van der Waals surface area (Å²) in [5, 5.41) is 8.37. The third-order valence-electron chi connectivity index (χ3n) is 1.63. The van der Waals surface area contributed by atoms with Crippen LogP contribution in [0.3, 0.4) is 0 Å². The summed E-state index contributed by atoms with van der Waals surface area (Å²) in [6, 6.07) is 7.42. The first-order chi connectivity index (χ1) is 6.22. The third-order valence-corrected chi connectivity index (χ3v) is 1.63. The Kier molecular flexibility index (Phi) is 5.60. The van der Waals surface area contributed by atoms with Crippen LogP contribution in [0, 0.1) is 0 Å². The minimum atomic E-state index is -0.942. The molecular formula is C10H12ClNO2. The number of nitrogens with two attached hydrogens (primary N) is 1. The summed E-state index contributed by atoms with van der Waals surface area (Å²) in [6.07, 6.45) is 2.65. The molecule has 0 atom stereocenters. The topological polar surface area (TPSA) is 63.3 Å². The maximum atomic E-state index is 10.2. The number of hydrogen-bond acceptors (Lipinski definition) is 2. The average molecular weight is 214 g/mol. The van der Waals surface area contributed by atoms with Gasteiger partial charge in [-0.3, -0.25) is 0 Å². The highest BCUT2D eigenvalue weighted by Gasteiger charge is 1.90. The van der Waals surface area contributed by atoms with Crippen molar-refractivity contribution in [3.8, 4) is 0 Å². The molecule has 4 heteroatoms. The number of carboxylic acid groups (broad SMARTS) is 1. The number of carbonyl (C=O) groups is 1. The maximum Gasteiger partial charge on any atom is 0.328 e. The maximum absolute atomic E-state index is 10.2. The van der Waals surface area contributed by atoms with Gasteiger partial charge in [0, 0.05) is 12.6 Å². The number of halogens is 1. The van der Waals surface area contributed by atoms with Crippen LogP contribution in [0.2, 0.25) is 0 Å². The van der Waals surface area contributed by atoms with E-state index in [1.165, 1.54) is 0 Å². The van der Waals surface area contributed by atoms with Crippen LogP contribution in [0.25, 0.3) is 6.08 Å². The molecule has 0 spiro atoms. The van der Waals surface area contributed by atoms with Crippen LogP contribution in [0.4, 0.5) is 0 Å². The molecule has 1 aromatic carbocycles. The van der Waals surface area contributed by atoms with Gasteiger partial charge >= 0.3 is 5.97 Å². The van der Waals surface area contributed by atoms with Gasteiger partial charge in [0.15, 0.2) is 0 Å². The molecule has 0 fully saturated rings. The number of hydrogen-bond donors (Lipinski definition) is 2. The van der Waals surface area contributed by atoms with Crippen molar-refractivity contribution in [3.05, 3.63) is 41.5 Å². The molecule has 0 aliphatic rings. The van der Waals surface area contributed by atoms with Crippen molar-refractivity contribution >= 4 is 24.5 Å². The molecule has 3 N–H and O–H groups in total. The summed E-state index contributed by atoms with van der Waals surface area (Å²) in [5.74, 6) is -0.942. The number of aliphatic carboxylic acids is 1. The molecule has 0 heterocycles. The summed E-state index contributed by atoms with van der Waals surface area (Å²) in [4.78, 5) is 10.2. The van der Waals surface area contributed by atoms with Crippen LogP contribution in [-0.2, 0) is 11.3 Å². The summed E-state index contributed by atoms with van der Waals surface area (Å²) in [7, 11) is 0. The molecule has 76 valence electrons. The molecule has 1 aromatic rings. The van der Waals surface area contributed by atoms with Crippen LogP contribution in [0.1, 0.15) is 11.1 Å². The first-order valence-electron chi connectivity index (χ1n) is 3.92. The minimum absolute atomic E-state index is 0. The molecule has 0 unspecified atom stereocenters. The van der Waals surface area contributed by atoms with E-state index in [4.69, 9.17) is 10.8 Å². The summed E-state index contributed by atoms with van der Waals surface area (Å²) < 4.78 is 0. The second-order valence-corrected chi connectivity index (χ2v) is 2.62. The molecule has 0 radical (unpaired) electrons. The Morgan fingerprint density at radius 2 is 1.93 bits per heavy atom. The Bertz CT molecular complexity index is 319. The Morgan fingerprint density at radius 1 is 1.36 bits per heavy atom. The molecule has 0 bridgehead atoms. The lowest BCUT2D eigenvalue weighted by Crippen LogP contribution is -1.95. The van der Waals surface area contributed by atoms with Crippen LogP contribution in [0.5, 0.6) is 0 Å². The fourth-order valence-corrected chi connectivity index (χ4v) is 0.932. The van der Waals surface area contributed by atoms with Crippen LogP contribution >= 0.6 is 12.4 Å². The zero-order chi connectivity index (χ0) is 9.68. The van der Waals surface area contributed by atoms with Crippen LogP contribution in [0.15, 0.2) is 30.3 Å². The number of carboxylic acids is 1. The zero-order valence-electron chi connectivity index (χ0n) is 7.51. The SMILES string of the molecule is Cl.NCc1ccc(/C=C/C(=O)O)cc1. The quantitative estimate of drug-likeness (QED) is 0.751. The Morgan fingerprint density at radius 3 is 2.36 bits per heavy atom. The van der Waals surface area contributed by atoms with E-state index in [1.54, 1.807) is 6.08 Å². The Hall–Kier alpha value is -1.32. The summed E-state index contributed by atoms with van der Waals surface area (Å²) >= 11 is 0. The lowest BCUT2D eigenvalue weighted by atomic mass is 10.1. The summed E-state index contributed by atoms with van der Waals surface area (Å²) in [5.41, 5.74) is 7.31. The minimum Gasteiger partial charge on any atom is -0.478 e. The Balaban J connectivity index is 0.00000169. The molecule has 0 aromatic heterocycles. The van der Waals surface area contributed by atoms with Gasteiger partial charge < -0.3 is 10.8 Å². The van der Waals surface area contributed by atoms with E-state index in [-0.39, 0.29) is 12.4 Å². The van der Waals surface area contributed by atoms with E-state index < -0.39 is 5.97 Å². The van der Waals surface area contributed by atoms with Crippen molar-refractivity contribution in [1.82, 2.24) is 0 Å². The van der Waals surface area contributed by atoms with Crippen LogP contribution < -0.4 is 5.73 Å². The van der Waals surface area contributed by atoms with Gasteiger partial charge in [-0.2, -0.15) is 0 Å². The van der Waals surface area contributed by atoms with Crippen molar-refractivity contribution in [2.24, 2.45) is 5.73 Å². The van der Waals surface area contributed by atoms with Crippen molar-refractivity contribution in [1.29, 1.82) is 0 Å². The van der Waals surface area contributed by atoms with E-state index in [0.717, 1.165) is 17.2 Å². The van der Waals surface area contributed by atoms with E-state index >= 15 is 0 Å². The first-order valence-corrected chi connectivity index (χ1v) is 3.92. The average Bonchev–Trinajstić information content (AvgIpc) is 2.15. The van der Waals surface area contributed by atoms with Gasteiger partial charge in [0.2, 0.25) is 0 Å². The summed E-state index contributed by atoms with van der Waals surface area (Å²) in [6.45, 7) is 0.503. The fourth-order valence-electron chi connectivity index (χ4n) is 0.932. The van der Waals surface area contributed by atoms with Gasteiger partial charge in [-0.05, 0) is 17.2 Å². The number of rotatable bonds is 3. The van der Waals surface area contributed by atoms with Gasteiger partial charge in [-0.25, -0.2) is 4.79 Å². The predicted octanol–water partition coefficient (Wildman–Crippen LogP) is 1.66. The normalized spacial score (nSPS) is 9.79. The van der Waals surface area contributed by atoms with Crippen molar-refractivity contribution < 1.29 is 9.90 Å². The molecule has 1 rings (SSSR count). The molecular weight excluding hydrogens is 202 g/mol. The smallest absolute Gasteiger partial charge is 0.328 e. The Labute approximate surface area is 88.7 Å². The second-order valence-electron chi connectivity index (χ2n) is 2.62. The number of benzene rings is 1. The van der Waals surface area contributed by atoms with Crippen molar-refractivity contribution in [3.63, 3.8) is 0 Å². The molecule has 0 saturated heterocycles. The third kappa shape index (κ3) is 4.07. The van der Waals surface area contributed by atoms with Crippen molar-refractivity contribution in [2.45, 2.75) is 6.54 Å².